The Hall–Kier alpha value is -2.53. The third kappa shape index (κ3) is 3.14. The first-order chi connectivity index (χ1) is 10.3. The zero-order chi connectivity index (χ0) is 14.5. The highest BCUT2D eigenvalue weighted by atomic mass is 15.1. The Morgan fingerprint density at radius 3 is 2.67 bits per heavy atom. The van der Waals surface area contributed by atoms with Gasteiger partial charge < -0.3 is 5.32 Å². The number of hydrogen-bond donors (Lipinski definition) is 2. The van der Waals surface area contributed by atoms with E-state index in [0.717, 1.165) is 29.9 Å². The van der Waals surface area contributed by atoms with E-state index in [4.69, 9.17) is 0 Å². The van der Waals surface area contributed by atoms with Crippen LogP contribution in [0.25, 0.3) is 11.3 Å². The number of aromatic amines is 1. The van der Waals surface area contributed by atoms with Gasteiger partial charge in [-0.1, -0.05) is 0 Å². The van der Waals surface area contributed by atoms with Crippen molar-refractivity contribution < 1.29 is 0 Å². The van der Waals surface area contributed by atoms with E-state index in [-0.39, 0.29) is 0 Å². The molecule has 0 bridgehead atoms. The standard InChI is InChI=1S/C16H17N5/c1-12-4-6-18-8-14(12)9-19-10-15-11-20-21-16(15)13-3-2-5-17-7-13/h2-8,11,19H,9-10H2,1H3,(H,20,21). The summed E-state index contributed by atoms with van der Waals surface area (Å²) in [5.41, 5.74) is 5.65. The summed E-state index contributed by atoms with van der Waals surface area (Å²) in [5.74, 6) is 0. The maximum Gasteiger partial charge on any atom is 0.0710 e. The van der Waals surface area contributed by atoms with E-state index >= 15 is 0 Å². The summed E-state index contributed by atoms with van der Waals surface area (Å²) in [6, 6.07) is 5.97. The fraction of sp³-hybridized carbons (Fsp3) is 0.188. The minimum atomic E-state index is 0.745. The van der Waals surface area contributed by atoms with E-state index < -0.39 is 0 Å². The number of rotatable bonds is 5. The van der Waals surface area contributed by atoms with Gasteiger partial charge in [0.2, 0.25) is 0 Å². The molecular formula is C16H17N5. The molecule has 0 radical (unpaired) electrons. The van der Waals surface area contributed by atoms with Crippen LogP contribution in [0.3, 0.4) is 0 Å². The minimum Gasteiger partial charge on any atom is -0.308 e. The lowest BCUT2D eigenvalue weighted by molar-refractivity contribution is 0.689. The molecule has 0 aliphatic heterocycles. The molecule has 0 atom stereocenters. The number of pyridine rings is 2. The summed E-state index contributed by atoms with van der Waals surface area (Å²) in [7, 11) is 0. The SMILES string of the molecule is Cc1ccncc1CNCc1cn[nH]c1-c1cccnc1. The Bertz CT molecular complexity index is 705. The van der Waals surface area contributed by atoms with Gasteiger partial charge in [0.05, 0.1) is 11.9 Å². The Morgan fingerprint density at radius 1 is 1.00 bits per heavy atom. The molecule has 5 heteroatoms. The number of H-pyrrole nitrogens is 1. The van der Waals surface area contributed by atoms with Crippen LogP contribution in [-0.4, -0.2) is 20.2 Å². The van der Waals surface area contributed by atoms with E-state index in [9.17, 15) is 0 Å². The van der Waals surface area contributed by atoms with Gasteiger partial charge in [0.1, 0.15) is 0 Å². The molecule has 0 amide bonds. The monoisotopic (exact) mass is 279 g/mol. The number of hydrogen-bond acceptors (Lipinski definition) is 4. The molecule has 5 nitrogen and oxygen atoms in total. The van der Waals surface area contributed by atoms with Crippen molar-refractivity contribution in [2.45, 2.75) is 20.0 Å². The van der Waals surface area contributed by atoms with Crippen molar-refractivity contribution in [3.8, 4) is 11.3 Å². The van der Waals surface area contributed by atoms with Crippen LogP contribution in [0.15, 0.2) is 49.2 Å². The van der Waals surface area contributed by atoms with E-state index in [1.54, 1.807) is 6.20 Å². The molecule has 0 aliphatic rings. The molecule has 21 heavy (non-hydrogen) atoms. The van der Waals surface area contributed by atoms with Gasteiger partial charge in [0.15, 0.2) is 0 Å². The maximum atomic E-state index is 4.16. The van der Waals surface area contributed by atoms with Gasteiger partial charge in [-0.3, -0.25) is 15.1 Å². The summed E-state index contributed by atoms with van der Waals surface area (Å²) >= 11 is 0. The fourth-order valence-corrected chi connectivity index (χ4v) is 2.22. The first-order valence-corrected chi connectivity index (χ1v) is 6.87. The summed E-state index contributed by atoms with van der Waals surface area (Å²) in [6.45, 7) is 3.63. The average molecular weight is 279 g/mol. The van der Waals surface area contributed by atoms with Gasteiger partial charge in [0.25, 0.3) is 0 Å². The van der Waals surface area contributed by atoms with Crippen LogP contribution < -0.4 is 5.32 Å². The second-order valence-corrected chi connectivity index (χ2v) is 4.92. The highest BCUT2D eigenvalue weighted by Crippen LogP contribution is 2.19. The Balaban J connectivity index is 1.67. The zero-order valence-electron chi connectivity index (χ0n) is 11.9. The van der Waals surface area contributed by atoms with E-state index in [0.29, 0.717) is 0 Å². The lowest BCUT2D eigenvalue weighted by Gasteiger charge is -2.07. The third-order valence-electron chi connectivity index (χ3n) is 3.45. The highest BCUT2D eigenvalue weighted by Gasteiger charge is 2.07. The van der Waals surface area contributed by atoms with Gasteiger partial charge >= 0.3 is 0 Å². The normalized spacial score (nSPS) is 10.7. The molecule has 106 valence electrons. The van der Waals surface area contributed by atoms with E-state index in [1.807, 2.05) is 43.0 Å². The van der Waals surface area contributed by atoms with Gasteiger partial charge in [-0.25, -0.2) is 0 Å². The molecule has 0 spiro atoms. The van der Waals surface area contributed by atoms with E-state index in [1.165, 1.54) is 11.1 Å². The van der Waals surface area contributed by atoms with Crippen molar-refractivity contribution in [2.24, 2.45) is 0 Å². The molecule has 3 rings (SSSR count). The van der Waals surface area contributed by atoms with Crippen molar-refractivity contribution >= 4 is 0 Å². The summed E-state index contributed by atoms with van der Waals surface area (Å²) in [5, 5.41) is 10.6. The van der Waals surface area contributed by atoms with Gasteiger partial charge in [-0.15, -0.1) is 0 Å². The Kier molecular flexibility index (Phi) is 4.02. The molecular weight excluding hydrogens is 262 g/mol. The summed E-state index contributed by atoms with van der Waals surface area (Å²) < 4.78 is 0. The second kappa shape index (κ2) is 6.28. The number of aromatic nitrogens is 4. The molecule has 0 aliphatic carbocycles. The average Bonchev–Trinajstić information content (AvgIpc) is 2.99. The zero-order valence-corrected chi connectivity index (χ0v) is 11.9. The van der Waals surface area contributed by atoms with Crippen LogP contribution in [0.2, 0.25) is 0 Å². The van der Waals surface area contributed by atoms with Crippen LogP contribution in [0, 0.1) is 6.92 Å². The van der Waals surface area contributed by atoms with Crippen LogP contribution >= 0.6 is 0 Å². The van der Waals surface area contributed by atoms with Crippen LogP contribution in [0.4, 0.5) is 0 Å². The third-order valence-corrected chi connectivity index (χ3v) is 3.45. The van der Waals surface area contributed by atoms with Crippen molar-refractivity contribution in [3.63, 3.8) is 0 Å². The molecule has 3 heterocycles. The van der Waals surface area contributed by atoms with Crippen molar-refractivity contribution in [2.75, 3.05) is 0 Å². The number of nitrogens with one attached hydrogen (secondary N) is 2. The molecule has 0 aromatic carbocycles. The molecule has 0 saturated carbocycles. The van der Waals surface area contributed by atoms with Crippen LogP contribution in [0.5, 0.6) is 0 Å². The minimum absolute atomic E-state index is 0.745. The van der Waals surface area contributed by atoms with Crippen LogP contribution in [0.1, 0.15) is 16.7 Å². The largest absolute Gasteiger partial charge is 0.308 e. The van der Waals surface area contributed by atoms with Gasteiger partial charge in [-0.2, -0.15) is 5.10 Å². The van der Waals surface area contributed by atoms with Crippen molar-refractivity contribution in [1.82, 2.24) is 25.5 Å². The molecule has 0 unspecified atom stereocenters. The lowest BCUT2D eigenvalue weighted by atomic mass is 10.1. The second-order valence-electron chi connectivity index (χ2n) is 4.92. The molecule has 0 fully saturated rings. The van der Waals surface area contributed by atoms with Gasteiger partial charge in [0, 0.05) is 49.0 Å². The predicted molar refractivity (Wildman–Crippen MR) is 81.3 cm³/mol. The lowest BCUT2D eigenvalue weighted by Crippen LogP contribution is -2.13. The Labute approximate surface area is 123 Å². The first-order valence-electron chi connectivity index (χ1n) is 6.87. The summed E-state index contributed by atoms with van der Waals surface area (Å²) in [4.78, 5) is 8.30. The van der Waals surface area contributed by atoms with E-state index in [2.05, 4.69) is 32.4 Å². The summed E-state index contributed by atoms with van der Waals surface area (Å²) in [6.07, 6.45) is 9.17. The molecule has 2 N–H and O–H groups in total. The number of aryl methyl sites for hydroxylation is 1. The Morgan fingerprint density at radius 2 is 1.86 bits per heavy atom. The van der Waals surface area contributed by atoms with Crippen molar-refractivity contribution in [1.29, 1.82) is 0 Å². The number of nitrogens with zero attached hydrogens (tertiary/aromatic N) is 3. The van der Waals surface area contributed by atoms with Crippen LogP contribution in [-0.2, 0) is 13.1 Å². The first kappa shape index (κ1) is 13.5. The van der Waals surface area contributed by atoms with Gasteiger partial charge in [-0.05, 0) is 36.2 Å². The highest BCUT2D eigenvalue weighted by molar-refractivity contribution is 5.61. The maximum absolute atomic E-state index is 4.16. The smallest absolute Gasteiger partial charge is 0.0710 e. The molecule has 0 saturated heterocycles. The molecule has 3 aromatic rings. The van der Waals surface area contributed by atoms with Crippen molar-refractivity contribution in [3.05, 3.63) is 65.9 Å². The topological polar surface area (TPSA) is 66.5 Å². The predicted octanol–water partition coefficient (Wildman–Crippen LogP) is 2.46. The molecule has 3 aromatic heterocycles. The fourth-order valence-electron chi connectivity index (χ4n) is 2.22. The quantitative estimate of drug-likeness (QED) is 0.753.